The minimum atomic E-state index is 0.248. The van der Waals surface area contributed by atoms with Crippen LogP contribution in [0.5, 0.6) is 0 Å². The highest BCUT2D eigenvalue weighted by atomic mass is 16.5. The maximum absolute atomic E-state index is 5.32. The van der Waals surface area contributed by atoms with E-state index in [-0.39, 0.29) is 6.04 Å². The van der Waals surface area contributed by atoms with E-state index in [0.29, 0.717) is 24.5 Å². The zero-order valence-corrected chi connectivity index (χ0v) is 10.6. The molecule has 8 heteroatoms. The highest BCUT2D eigenvalue weighted by Crippen LogP contribution is 2.13. The van der Waals surface area contributed by atoms with Crippen LogP contribution in [0.2, 0.25) is 0 Å². The van der Waals surface area contributed by atoms with E-state index in [1.165, 1.54) is 0 Å². The first-order valence-corrected chi connectivity index (χ1v) is 6.13. The van der Waals surface area contributed by atoms with Gasteiger partial charge in [0.1, 0.15) is 0 Å². The molecule has 1 fully saturated rings. The van der Waals surface area contributed by atoms with E-state index in [4.69, 9.17) is 4.74 Å². The van der Waals surface area contributed by atoms with E-state index >= 15 is 0 Å². The Labute approximate surface area is 110 Å². The van der Waals surface area contributed by atoms with Crippen LogP contribution in [0.25, 0.3) is 5.95 Å². The summed E-state index contributed by atoms with van der Waals surface area (Å²) in [6.07, 6.45) is 4.43. The molecule has 1 aliphatic rings. The number of ether oxygens (including phenoxy) is 1. The second kappa shape index (κ2) is 5.19. The summed E-state index contributed by atoms with van der Waals surface area (Å²) in [5.74, 6) is 1.51. The van der Waals surface area contributed by atoms with Gasteiger partial charge in [0.25, 0.3) is 5.95 Å². The molecular formula is C11H15N7O. The van der Waals surface area contributed by atoms with Crippen molar-refractivity contribution in [3.05, 3.63) is 18.5 Å². The van der Waals surface area contributed by atoms with Crippen LogP contribution in [0, 0.1) is 0 Å². The predicted molar refractivity (Wildman–Crippen MR) is 69.3 cm³/mol. The van der Waals surface area contributed by atoms with Crippen molar-refractivity contribution in [2.24, 2.45) is 0 Å². The van der Waals surface area contributed by atoms with Gasteiger partial charge >= 0.3 is 0 Å². The number of hydrogen-bond acceptors (Lipinski definition) is 7. The second-order valence-corrected chi connectivity index (χ2v) is 4.19. The summed E-state index contributed by atoms with van der Waals surface area (Å²) in [6.45, 7) is 1.45. The van der Waals surface area contributed by atoms with Gasteiger partial charge in [-0.3, -0.25) is 0 Å². The maximum atomic E-state index is 5.32. The van der Waals surface area contributed by atoms with E-state index < -0.39 is 0 Å². The summed E-state index contributed by atoms with van der Waals surface area (Å²) in [5, 5.41) is 10.3. The van der Waals surface area contributed by atoms with Gasteiger partial charge in [-0.15, -0.1) is 0 Å². The van der Waals surface area contributed by atoms with Gasteiger partial charge in [-0.1, -0.05) is 0 Å². The fourth-order valence-corrected chi connectivity index (χ4v) is 1.86. The fraction of sp³-hybridized carbons (Fsp3) is 0.455. The van der Waals surface area contributed by atoms with Crippen LogP contribution in [-0.2, 0) is 4.74 Å². The highest BCUT2D eigenvalue weighted by Gasteiger charge is 2.17. The normalized spacial score (nSPS) is 18.5. The van der Waals surface area contributed by atoms with Crippen molar-refractivity contribution in [2.45, 2.75) is 12.5 Å². The molecule has 0 saturated carbocycles. The van der Waals surface area contributed by atoms with Crippen LogP contribution < -0.4 is 10.6 Å². The lowest BCUT2D eigenvalue weighted by molar-refractivity contribution is 0.195. The number of anilines is 2. The van der Waals surface area contributed by atoms with Crippen LogP contribution >= 0.6 is 0 Å². The molecule has 0 spiro atoms. The molecule has 3 heterocycles. The SMILES string of the molecule is CNc1nc(NC2CCOC2)nc(-n2cccn2)n1. The zero-order chi connectivity index (χ0) is 13.1. The van der Waals surface area contributed by atoms with Gasteiger partial charge in [0, 0.05) is 26.0 Å². The number of nitrogens with one attached hydrogen (secondary N) is 2. The Kier molecular flexibility index (Phi) is 3.23. The lowest BCUT2D eigenvalue weighted by atomic mass is 10.3. The van der Waals surface area contributed by atoms with Crippen molar-refractivity contribution in [3.63, 3.8) is 0 Å². The summed E-state index contributed by atoms with van der Waals surface area (Å²) in [6, 6.07) is 2.07. The van der Waals surface area contributed by atoms with Gasteiger partial charge in [0.15, 0.2) is 0 Å². The largest absolute Gasteiger partial charge is 0.379 e. The average Bonchev–Trinajstić information content (AvgIpc) is 3.11. The molecule has 1 aliphatic heterocycles. The maximum Gasteiger partial charge on any atom is 0.257 e. The van der Waals surface area contributed by atoms with E-state index in [1.807, 2.05) is 6.07 Å². The Balaban J connectivity index is 1.88. The molecule has 100 valence electrons. The Bertz CT molecular complexity index is 536. The summed E-state index contributed by atoms with van der Waals surface area (Å²) in [4.78, 5) is 12.9. The lowest BCUT2D eigenvalue weighted by Crippen LogP contribution is -2.22. The fourth-order valence-electron chi connectivity index (χ4n) is 1.86. The molecule has 0 radical (unpaired) electrons. The van der Waals surface area contributed by atoms with Crippen LogP contribution in [0.1, 0.15) is 6.42 Å². The van der Waals surface area contributed by atoms with Crippen molar-refractivity contribution in [1.29, 1.82) is 0 Å². The molecule has 8 nitrogen and oxygen atoms in total. The Morgan fingerprint density at radius 1 is 1.32 bits per heavy atom. The number of hydrogen-bond donors (Lipinski definition) is 2. The molecule has 1 saturated heterocycles. The first-order valence-electron chi connectivity index (χ1n) is 6.13. The van der Waals surface area contributed by atoms with Gasteiger partial charge in [0.05, 0.1) is 12.6 Å². The van der Waals surface area contributed by atoms with E-state index in [2.05, 4.69) is 30.7 Å². The second-order valence-electron chi connectivity index (χ2n) is 4.19. The monoisotopic (exact) mass is 261 g/mol. The van der Waals surface area contributed by atoms with Crippen molar-refractivity contribution in [1.82, 2.24) is 24.7 Å². The minimum Gasteiger partial charge on any atom is -0.379 e. The average molecular weight is 261 g/mol. The number of rotatable bonds is 4. The molecule has 0 bridgehead atoms. The van der Waals surface area contributed by atoms with Gasteiger partial charge in [-0.05, 0) is 12.5 Å². The lowest BCUT2D eigenvalue weighted by Gasteiger charge is -2.12. The summed E-state index contributed by atoms with van der Waals surface area (Å²) < 4.78 is 6.92. The molecular weight excluding hydrogens is 246 g/mol. The molecule has 3 rings (SSSR count). The Hall–Kier alpha value is -2.22. The van der Waals surface area contributed by atoms with E-state index in [9.17, 15) is 0 Å². The van der Waals surface area contributed by atoms with Gasteiger partial charge in [-0.2, -0.15) is 20.1 Å². The van der Waals surface area contributed by atoms with Gasteiger partial charge in [0.2, 0.25) is 11.9 Å². The number of nitrogens with zero attached hydrogens (tertiary/aromatic N) is 5. The molecule has 2 aromatic rings. The van der Waals surface area contributed by atoms with E-state index in [0.717, 1.165) is 13.0 Å². The quantitative estimate of drug-likeness (QED) is 0.818. The summed E-state index contributed by atoms with van der Waals surface area (Å²) >= 11 is 0. The first kappa shape index (κ1) is 11.8. The molecule has 1 atom stereocenters. The third-order valence-electron chi connectivity index (χ3n) is 2.82. The third-order valence-corrected chi connectivity index (χ3v) is 2.82. The zero-order valence-electron chi connectivity index (χ0n) is 10.6. The first-order chi connectivity index (χ1) is 9.35. The van der Waals surface area contributed by atoms with Crippen molar-refractivity contribution >= 4 is 11.9 Å². The summed E-state index contributed by atoms with van der Waals surface area (Å²) in [5.41, 5.74) is 0. The predicted octanol–water partition coefficient (Wildman–Crippen LogP) is 0.300. The Morgan fingerprint density at radius 3 is 2.89 bits per heavy atom. The third kappa shape index (κ3) is 2.63. The van der Waals surface area contributed by atoms with E-state index in [1.54, 1.807) is 24.1 Å². The van der Waals surface area contributed by atoms with Gasteiger partial charge in [-0.25, -0.2) is 4.68 Å². The van der Waals surface area contributed by atoms with Crippen molar-refractivity contribution in [2.75, 3.05) is 30.9 Å². The summed E-state index contributed by atoms with van der Waals surface area (Å²) in [7, 11) is 1.77. The smallest absolute Gasteiger partial charge is 0.257 e. The minimum absolute atomic E-state index is 0.248. The standard InChI is InChI=1S/C11H15N7O/c1-12-9-15-10(14-8-3-6-19-7-8)17-11(16-9)18-5-2-4-13-18/h2,4-5,8H,3,6-7H2,1H3,(H2,12,14,15,16,17). The molecule has 2 N–H and O–H groups in total. The molecule has 0 amide bonds. The molecule has 0 aromatic carbocycles. The molecule has 2 aromatic heterocycles. The van der Waals surface area contributed by atoms with Crippen LogP contribution in [0.15, 0.2) is 18.5 Å². The van der Waals surface area contributed by atoms with Crippen LogP contribution in [-0.4, -0.2) is 51.0 Å². The van der Waals surface area contributed by atoms with Gasteiger partial charge < -0.3 is 15.4 Å². The van der Waals surface area contributed by atoms with Crippen LogP contribution in [0.3, 0.4) is 0 Å². The highest BCUT2D eigenvalue weighted by molar-refractivity contribution is 5.38. The number of aromatic nitrogens is 5. The van der Waals surface area contributed by atoms with Crippen molar-refractivity contribution in [3.8, 4) is 5.95 Å². The van der Waals surface area contributed by atoms with Crippen LogP contribution in [0.4, 0.5) is 11.9 Å². The molecule has 0 aliphatic carbocycles. The Morgan fingerprint density at radius 2 is 2.21 bits per heavy atom. The molecule has 19 heavy (non-hydrogen) atoms. The topological polar surface area (TPSA) is 89.8 Å². The molecule has 1 unspecified atom stereocenters. The van der Waals surface area contributed by atoms with Crippen molar-refractivity contribution < 1.29 is 4.74 Å².